The zero-order chi connectivity index (χ0) is 17.5. The molecule has 0 bridgehead atoms. The van der Waals surface area contributed by atoms with Gasteiger partial charge in [0.1, 0.15) is 5.76 Å². The maximum absolute atomic E-state index is 11.7. The normalized spacial score (nSPS) is 23.5. The largest absolute Gasteiger partial charge is 0.431 e. The summed E-state index contributed by atoms with van der Waals surface area (Å²) in [5.74, 6) is 0.453. The first-order valence-electron chi connectivity index (χ1n) is 9.49. The molecule has 0 aromatic rings. The Kier molecular flexibility index (Phi) is 11.8. The van der Waals surface area contributed by atoms with Crippen LogP contribution in [0.1, 0.15) is 84.0 Å². The molecule has 1 rings (SSSR count). The topological polar surface area (TPSA) is 55.4 Å². The van der Waals surface area contributed by atoms with Gasteiger partial charge in [-0.25, -0.2) is 0 Å². The molecule has 1 heterocycles. The lowest BCUT2D eigenvalue weighted by molar-refractivity contribution is -0.137. The van der Waals surface area contributed by atoms with E-state index in [0.29, 0.717) is 12.2 Å². The lowest BCUT2D eigenvalue weighted by Gasteiger charge is -2.06. The Balaban J connectivity index is 2.49. The smallest absolute Gasteiger partial charge is 0.307 e. The van der Waals surface area contributed by atoms with Crippen LogP contribution in [0.15, 0.2) is 24.0 Å². The van der Waals surface area contributed by atoms with Gasteiger partial charge in [0.05, 0.1) is 0 Å². The van der Waals surface area contributed by atoms with Crippen molar-refractivity contribution in [3.63, 3.8) is 0 Å². The van der Waals surface area contributed by atoms with E-state index in [-0.39, 0.29) is 11.9 Å². The van der Waals surface area contributed by atoms with Crippen molar-refractivity contribution in [2.24, 2.45) is 0 Å². The Morgan fingerprint density at radius 2 is 1.54 bits per heavy atom. The number of allylic oxidation sites excluding steroid dienone is 3. The highest BCUT2D eigenvalue weighted by Crippen LogP contribution is 2.15. The second-order valence-corrected chi connectivity index (χ2v) is 6.49. The molecule has 1 N–H and O–H groups in total. The van der Waals surface area contributed by atoms with Crippen molar-refractivity contribution in [1.82, 2.24) is 5.32 Å². The van der Waals surface area contributed by atoms with E-state index in [9.17, 15) is 9.59 Å². The van der Waals surface area contributed by atoms with Gasteiger partial charge in [-0.15, -0.1) is 0 Å². The van der Waals surface area contributed by atoms with Gasteiger partial charge in [-0.2, -0.15) is 0 Å². The Morgan fingerprint density at radius 3 is 2.17 bits per heavy atom. The SMILES string of the molecule is CC(=O)O/C1=C\C=C/CC(=O)NCCCCCCCCCCCC1. The minimum absolute atomic E-state index is 0.0478. The summed E-state index contributed by atoms with van der Waals surface area (Å²) in [5.41, 5.74) is 0. The number of hydrogen-bond acceptors (Lipinski definition) is 3. The highest BCUT2D eigenvalue weighted by molar-refractivity contribution is 5.77. The van der Waals surface area contributed by atoms with Crippen molar-refractivity contribution in [3.05, 3.63) is 24.0 Å². The van der Waals surface area contributed by atoms with Crippen LogP contribution < -0.4 is 5.32 Å². The van der Waals surface area contributed by atoms with E-state index in [0.717, 1.165) is 25.8 Å². The summed E-state index contributed by atoms with van der Waals surface area (Å²) in [5, 5.41) is 2.94. The lowest BCUT2D eigenvalue weighted by atomic mass is 10.1. The zero-order valence-electron chi connectivity index (χ0n) is 15.1. The van der Waals surface area contributed by atoms with Crippen LogP contribution in [0.5, 0.6) is 0 Å². The third-order valence-electron chi connectivity index (χ3n) is 4.17. The van der Waals surface area contributed by atoms with Crippen molar-refractivity contribution in [3.8, 4) is 0 Å². The monoisotopic (exact) mass is 335 g/mol. The minimum atomic E-state index is -0.286. The Labute approximate surface area is 146 Å². The first-order chi connectivity index (χ1) is 11.7. The molecule has 0 unspecified atom stereocenters. The number of carbonyl (C=O) groups is 2. The number of carbonyl (C=O) groups excluding carboxylic acids is 2. The molecule has 4 nitrogen and oxygen atoms in total. The molecular weight excluding hydrogens is 302 g/mol. The van der Waals surface area contributed by atoms with Gasteiger partial charge >= 0.3 is 5.97 Å². The Bertz CT molecular complexity index is 427. The predicted octanol–water partition coefficient (Wildman–Crippen LogP) is 4.80. The van der Waals surface area contributed by atoms with Crippen molar-refractivity contribution in [2.45, 2.75) is 84.0 Å². The molecule has 0 aromatic carbocycles. The average molecular weight is 335 g/mol. The molecule has 0 spiro atoms. The van der Waals surface area contributed by atoms with Crippen molar-refractivity contribution in [2.75, 3.05) is 6.54 Å². The summed E-state index contributed by atoms with van der Waals surface area (Å²) >= 11 is 0. The summed E-state index contributed by atoms with van der Waals surface area (Å²) < 4.78 is 5.25. The van der Waals surface area contributed by atoms with Gasteiger partial charge in [0.15, 0.2) is 0 Å². The van der Waals surface area contributed by atoms with Crippen LogP contribution in [0.3, 0.4) is 0 Å². The molecule has 0 aromatic heterocycles. The van der Waals surface area contributed by atoms with Crippen LogP contribution in [0.4, 0.5) is 0 Å². The minimum Gasteiger partial charge on any atom is -0.431 e. The second-order valence-electron chi connectivity index (χ2n) is 6.49. The number of esters is 1. The van der Waals surface area contributed by atoms with Crippen molar-refractivity contribution >= 4 is 11.9 Å². The highest BCUT2D eigenvalue weighted by atomic mass is 16.5. The summed E-state index contributed by atoms with van der Waals surface area (Å²) in [6.07, 6.45) is 18.8. The third kappa shape index (κ3) is 11.9. The maximum Gasteiger partial charge on any atom is 0.307 e. The second kappa shape index (κ2) is 13.8. The van der Waals surface area contributed by atoms with Gasteiger partial charge in [0.2, 0.25) is 5.91 Å². The fourth-order valence-corrected chi connectivity index (χ4v) is 2.84. The van der Waals surface area contributed by atoms with Crippen LogP contribution in [-0.4, -0.2) is 18.4 Å². The number of ether oxygens (including phenoxy) is 1. The lowest BCUT2D eigenvalue weighted by Crippen LogP contribution is -2.23. The fourth-order valence-electron chi connectivity index (χ4n) is 2.84. The molecule has 136 valence electrons. The van der Waals surface area contributed by atoms with Crippen LogP contribution in [0, 0.1) is 0 Å². The maximum atomic E-state index is 11.7. The first kappa shape index (κ1) is 20.5. The van der Waals surface area contributed by atoms with Gasteiger partial charge in [-0.1, -0.05) is 63.5 Å². The van der Waals surface area contributed by atoms with E-state index in [1.54, 1.807) is 0 Å². The number of nitrogens with one attached hydrogen (secondary N) is 1. The van der Waals surface area contributed by atoms with Crippen LogP contribution in [0.2, 0.25) is 0 Å². The van der Waals surface area contributed by atoms with Crippen LogP contribution in [-0.2, 0) is 14.3 Å². The molecule has 0 saturated heterocycles. The predicted molar refractivity (Wildman–Crippen MR) is 97.4 cm³/mol. The number of hydrogen-bond donors (Lipinski definition) is 1. The third-order valence-corrected chi connectivity index (χ3v) is 4.17. The molecule has 0 saturated carbocycles. The van der Waals surface area contributed by atoms with E-state index in [2.05, 4.69) is 5.32 Å². The van der Waals surface area contributed by atoms with Gasteiger partial charge in [-0.3, -0.25) is 9.59 Å². The van der Waals surface area contributed by atoms with Crippen molar-refractivity contribution < 1.29 is 14.3 Å². The quantitative estimate of drug-likeness (QED) is 0.700. The van der Waals surface area contributed by atoms with E-state index in [1.165, 1.54) is 58.3 Å². The average Bonchev–Trinajstić information content (AvgIpc) is 2.54. The summed E-state index contributed by atoms with van der Waals surface area (Å²) in [4.78, 5) is 22.9. The standard InChI is InChI=1S/C20H33NO3/c1-18(22)24-19-14-10-8-6-4-2-3-5-7-9-13-17-21-20(23)16-12-11-15-19/h11-12,15H,2-10,13-14,16-17H2,1H3,(H,21,23)/b12-11-,19-15-. The van der Waals surface area contributed by atoms with E-state index in [4.69, 9.17) is 4.74 Å². The van der Waals surface area contributed by atoms with Crippen LogP contribution >= 0.6 is 0 Å². The van der Waals surface area contributed by atoms with E-state index in [1.807, 2.05) is 18.2 Å². The van der Waals surface area contributed by atoms with Gasteiger partial charge < -0.3 is 10.1 Å². The molecule has 24 heavy (non-hydrogen) atoms. The zero-order valence-corrected chi connectivity index (χ0v) is 15.1. The Hall–Kier alpha value is -1.58. The van der Waals surface area contributed by atoms with Crippen LogP contribution in [0.25, 0.3) is 0 Å². The van der Waals surface area contributed by atoms with Gasteiger partial charge in [0.25, 0.3) is 0 Å². The fraction of sp³-hybridized carbons (Fsp3) is 0.700. The molecule has 0 radical (unpaired) electrons. The molecule has 1 aliphatic heterocycles. The van der Waals surface area contributed by atoms with Gasteiger partial charge in [-0.05, 0) is 18.9 Å². The summed E-state index contributed by atoms with van der Waals surface area (Å²) in [7, 11) is 0. The molecule has 0 aliphatic carbocycles. The van der Waals surface area contributed by atoms with Crippen molar-refractivity contribution in [1.29, 1.82) is 0 Å². The summed E-state index contributed by atoms with van der Waals surface area (Å²) in [6.45, 7) is 2.19. The number of rotatable bonds is 1. The van der Waals surface area contributed by atoms with Gasteiger partial charge in [0, 0.05) is 26.3 Å². The molecular formula is C20H33NO3. The molecule has 1 amide bonds. The van der Waals surface area contributed by atoms with E-state index < -0.39 is 0 Å². The molecule has 0 atom stereocenters. The Morgan fingerprint density at radius 1 is 0.958 bits per heavy atom. The summed E-state index contributed by atoms with van der Waals surface area (Å²) in [6, 6.07) is 0. The first-order valence-corrected chi connectivity index (χ1v) is 9.49. The molecule has 0 fully saturated rings. The molecule has 1 aliphatic rings. The number of amides is 1. The highest BCUT2D eigenvalue weighted by Gasteiger charge is 2.02. The molecule has 4 heteroatoms. The van der Waals surface area contributed by atoms with E-state index >= 15 is 0 Å².